The number of methoxy groups -OCH3 is 1. The van der Waals surface area contributed by atoms with Gasteiger partial charge in [-0.25, -0.2) is 4.99 Å². The Hall–Kier alpha value is -2.02. The van der Waals surface area contributed by atoms with E-state index in [4.69, 9.17) is 10.5 Å². The lowest BCUT2D eigenvalue weighted by molar-refractivity contribution is 0.287. The molecule has 2 N–H and O–H groups in total. The molecule has 0 heterocycles. The summed E-state index contributed by atoms with van der Waals surface area (Å²) in [4.78, 5) is 4.03. The summed E-state index contributed by atoms with van der Waals surface area (Å²) < 4.78 is 5.27. The molecule has 4 nitrogen and oxygen atoms in total. The molecule has 0 aromatic heterocycles. The van der Waals surface area contributed by atoms with E-state index in [-0.39, 0.29) is 0 Å². The van der Waals surface area contributed by atoms with Crippen LogP contribution in [0.5, 0.6) is 0 Å². The van der Waals surface area contributed by atoms with Crippen molar-refractivity contribution < 1.29 is 4.74 Å². The molecular formula is C14H21N3O. The van der Waals surface area contributed by atoms with Crippen LogP contribution in [0.2, 0.25) is 0 Å². The lowest BCUT2D eigenvalue weighted by Gasteiger charge is -2.21. The van der Waals surface area contributed by atoms with Gasteiger partial charge in [0.1, 0.15) is 11.6 Å². The first-order valence-electron chi connectivity index (χ1n) is 5.71. The molecule has 0 unspecified atom stereocenters. The Morgan fingerprint density at radius 3 is 2.39 bits per heavy atom. The van der Waals surface area contributed by atoms with Crippen LogP contribution in [0.4, 0.5) is 0 Å². The van der Waals surface area contributed by atoms with Crippen molar-refractivity contribution in [3.63, 3.8) is 0 Å². The number of hydrogen-bond acceptors (Lipinski definition) is 3. The third kappa shape index (κ3) is 4.46. The molecule has 0 aromatic carbocycles. The van der Waals surface area contributed by atoms with Crippen LogP contribution in [0.3, 0.4) is 0 Å². The SMILES string of the molecule is C\C=C/N=C(N)\C=C(/C(=C\C)OC)C(C)(C)C#N. The highest BCUT2D eigenvalue weighted by molar-refractivity contribution is 5.93. The predicted octanol–water partition coefficient (Wildman–Crippen LogP) is 2.90. The first-order chi connectivity index (χ1) is 8.42. The molecule has 0 radical (unpaired) electrons. The van der Waals surface area contributed by atoms with Crippen LogP contribution >= 0.6 is 0 Å². The van der Waals surface area contributed by atoms with Crippen LogP contribution < -0.4 is 5.73 Å². The second kappa shape index (κ2) is 7.33. The van der Waals surface area contributed by atoms with E-state index < -0.39 is 5.41 Å². The summed E-state index contributed by atoms with van der Waals surface area (Å²) in [6.45, 7) is 7.32. The first-order valence-corrected chi connectivity index (χ1v) is 5.71. The van der Waals surface area contributed by atoms with Crippen molar-refractivity contribution in [2.24, 2.45) is 16.1 Å². The van der Waals surface area contributed by atoms with E-state index in [0.29, 0.717) is 17.2 Å². The van der Waals surface area contributed by atoms with E-state index in [9.17, 15) is 5.26 Å². The normalized spacial score (nSPS) is 14.8. The van der Waals surface area contributed by atoms with Crippen molar-refractivity contribution in [3.8, 4) is 6.07 Å². The summed E-state index contributed by atoms with van der Waals surface area (Å²) in [7, 11) is 1.57. The summed E-state index contributed by atoms with van der Waals surface area (Å²) in [5, 5.41) is 9.23. The summed E-state index contributed by atoms with van der Waals surface area (Å²) in [5.41, 5.74) is 5.80. The second-order valence-electron chi connectivity index (χ2n) is 4.19. The molecule has 0 bridgehead atoms. The molecule has 0 saturated heterocycles. The van der Waals surface area contributed by atoms with Crippen molar-refractivity contribution in [1.82, 2.24) is 0 Å². The fourth-order valence-corrected chi connectivity index (χ4v) is 1.35. The third-order valence-electron chi connectivity index (χ3n) is 2.37. The minimum Gasteiger partial charge on any atom is -0.497 e. The molecule has 0 saturated carbocycles. The van der Waals surface area contributed by atoms with Gasteiger partial charge in [0.05, 0.1) is 18.6 Å². The van der Waals surface area contributed by atoms with Gasteiger partial charge < -0.3 is 10.5 Å². The Bertz CT molecular complexity index is 434. The van der Waals surface area contributed by atoms with E-state index in [1.165, 1.54) is 0 Å². The zero-order chi connectivity index (χ0) is 14.2. The molecule has 0 aromatic rings. The van der Waals surface area contributed by atoms with Crippen LogP contribution in [-0.4, -0.2) is 12.9 Å². The maximum Gasteiger partial charge on any atom is 0.123 e. The average Bonchev–Trinajstić information content (AvgIpc) is 2.36. The van der Waals surface area contributed by atoms with Crippen molar-refractivity contribution in [1.29, 1.82) is 5.26 Å². The number of hydrogen-bond donors (Lipinski definition) is 1. The van der Waals surface area contributed by atoms with E-state index >= 15 is 0 Å². The summed E-state index contributed by atoms with van der Waals surface area (Å²) in [6.07, 6.45) is 6.85. The van der Waals surface area contributed by atoms with E-state index in [0.717, 1.165) is 0 Å². The number of rotatable bonds is 5. The van der Waals surface area contributed by atoms with Crippen molar-refractivity contribution in [2.45, 2.75) is 27.7 Å². The standard InChI is InChI=1S/C14H21N3O/c1-6-8-17-13(16)9-11(12(7-2)18-5)14(3,4)10-15/h6-9H,1-5H3,(H2,16,17)/b8-6-,11-9+,12-7+. The Balaban J connectivity index is 5.65. The van der Waals surface area contributed by atoms with E-state index in [1.807, 2.05) is 27.7 Å². The number of nitrogens with two attached hydrogens (primary N) is 1. The average molecular weight is 247 g/mol. The molecule has 0 atom stereocenters. The fraction of sp³-hybridized carbons (Fsp3) is 0.429. The van der Waals surface area contributed by atoms with E-state index in [1.54, 1.807) is 31.5 Å². The largest absolute Gasteiger partial charge is 0.497 e. The van der Waals surface area contributed by atoms with Crippen LogP contribution in [0.15, 0.2) is 40.8 Å². The van der Waals surface area contributed by atoms with E-state index in [2.05, 4.69) is 11.1 Å². The monoisotopic (exact) mass is 247 g/mol. The molecule has 4 heteroatoms. The van der Waals surface area contributed by atoms with Gasteiger partial charge in [-0.1, -0.05) is 6.08 Å². The number of amidine groups is 1. The number of nitrogens with zero attached hydrogens (tertiary/aromatic N) is 2. The maximum atomic E-state index is 9.23. The molecule has 0 amide bonds. The molecule has 0 fully saturated rings. The van der Waals surface area contributed by atoms with Gasteiger partial charge in [0, 0.05) is 11.8 Å². The smallest absolute Gasteiger partial charge is 0.123 e. The molecule has 18 heavy (non-hydrogen) atoms. The van der Waals surface area contributed by atoms with Crippen LogP contribution in [-0.2, 0) is 4.74 Å². The number of aliphatic imine (C=N–C) groups is 1. The fourth-order valence-electron chi connectivity index (χ4n) is 1.35. The van der Waals surface area contributed by atoms with Crippen molar-refractivity contribution in [3.05, 3.63) is 35.8 Å². The highest BCUT2D eigenvalue weighted by Gasteiger charge is 2.26. The van der Waals surface area contributed by atoms with Gasteiger partial charge in [-0.05, 0) is 39.8 Å². The van der Waals surface area contributed by atoms with Gasteiger partial charge in [-0.3, -0.25) is 0 Å². The quantitative estimate of drug-likeness (QED) is 0.351. The highest BCUT2D eigenvalue weighted by atomic mass is 16.5. The van der Waals surface area contributed by atoms with Gasteiger partial charge in [-0.15, -0.1) is 0 Å². The van der Waals surface area contributed by atoms with Gasteiger partial charge in [0.25, 0.3) is 0 Å². The van der Waals surface area contributed by atoms with Gasteiger partial charge in [-0.2, -0.15) is 5.26 Å². The van der Waals surface area contributed by atoms with Crippen molar-refractivity contribution in [2.75, 3.05) is 7.11 Å². The molecular weight excluding hydrogens is 226 g/mol. The molecule has 0 aliphatic heterocycles. The molecule has 0 aliphatic carbocycles. The summed E-state index contributed by atoms with van der Waals surface area (Å²) in [5.74, 6) is 0.961. The predicted molar refractivity (Wildman–Crippen MR) is 74.7 cm³/mol. The maximum absolute atomic E-state index is 9.23. The summed E-state index contributed by atoms with van der Waals surface area (Å²) >= 11 is 0. The number of allylic oxidation sites excluding steroid dienone is 3. The zero-order valence-electron chi connectivity index (χ0n) is 11.7. The molecule has 98 valence electrons. The van der Waals surface area contributed by atoms with Crippen LogP contribution in [0.1, 0.15) is 27.7 Å². The lowest BCUT2D eigenvalue weighted by Crippen LogP contribution is -2.19. The molecule has 0 aliphatic rings. The van der Waals surface area contributed by atoms with Gasteiger partial charge in [0.2, 0.25) is 0 Å². The Morgan fingerprint density at radius 2 is 2.00 bits per heavy atom. The van der Waals surface area contributed by atoms with Crippen LogP contribution in [0.25, 0.3) is 0 Å². The minimum atomic E-state index is -0.700. The Labute approximate surface area is 109 Å². The Morgan fingerprint density at radius 1 is 1.39 bits per heavy atom. The zero-order valence-corrected chi connectivity index (χ0v) is 11.7. The minimum absolute atomic E-state index is 0.336. The topological polar surface area (TPSA) is 71.4 Å². The number of nitriles is 1. The van der Waals surface area contributed by atoms with Crippen molar-refractivity contribution >= 4 is 5.84 Å². The third-order valence-corrected chi connectivity index (χ3v) is 2.37. The summed E-state index contributed by atoms with van der Waals surface area (Å²) in [6, 6.07) is 2.23. The second-order valence-corrected chi connectivity index (χ2v) is 4.19. The highest BCUT2D eigenvalue weighted by Crippen LogP contribution is 2.31. The Kier molecular flexibility index (Phi) is 6.51. The first kappa shape index (κ1) is 16.0. The van der Waals surface area contributed by atoms with Crippen LogP contribution in [0, 0.1) is 16.7 Å². The van der Waals surface area contributed by atoms with Gasteiger partial charge >= 0.3 is 0 Å². The number of ether oxygens (including phenoxy) is 1. The lowest BCUT2D eigenvalue weighted by atomic mass is 9.84. The molecule has 0 spiro atoms. The van der Waals surface area contributed by atoms with Gasteiger partial charge in [0.15, 0.2) is 0 Å². The molecule has 0 rings (SSSR count).